The molecule has 0 spiro atoms. The lowest BCUT2D eigenvalue weighted by atomic mass is 10.2. The van der Waals surface area contributed by atoms with Crippen molar-refractivity contribution in [2.45, 2.75) is 25.1 Å². The van der Waals surface area contributed by atoms with Gasteiger partial charge in [0, 0.05) is 17.0 Å². The topological polar surface area (TPSA) is 67.2 Å². The Morgan fingerprint density at radius 2 is 2.09 bits per heavy atom. The van der Waals surface area contributed by atoms with Crippen LogP contribution in [0.4, 0.5) is 4.39 Å². The Morgan fingerprint density at radius 3 is 2.65 bits per heavy atom. The molecular weight excluding hydrogens is 317 g/mol. The summed E-state index contributed by atoms with van der Waals surface area (Å²) >= 11 is 1.50. The molecule has 2 N–H and O–H groups in total. The summed E-state index contributed by atoms with van der Waals surface area (Å²) in [6.07, 6.45) is 1.89. The molecule has 124 valence electrons. The number of carbonyl (C=O) groups excluding carboxylic acids is 1. The first-order chi connectivity index (χ1) is 11.0. The highest BCUT2D eigenvalue weighted by Gasteiger charge is 2.20. The molecule has 2 aromatic rings. The first-order valence-electron chi connectivity index (χ1n) is 7.23. The lowest BCUT2D eigenvalue weighted by molar-refractivity contribution is 0.0930. The molecule has 1 amide bonds. The summed E-state index contributed by atoms with van der Waals surface area (Å²) in [5.41, 5.74) is 1.75. The molecule has 0 aliphatic heterocycles. The van der Waals surface area contributed by atoms with Crippen LogP contribution in [0.2, 0.25) is 0 Å². The van der Waals surface area contributed by atoms with Crippen molar-refractivity contribution in [3.8, 4) is 5.69 Å². The fraction of sp³-hybridized carbons (Fsp3) is 0.375. The predicted octanol–water partition coefficient (Wildman–Crippen LogP) is 2.16. The van der Waals surface area contributed by atoms with E-state index in [-0.39, 0.29) is 35.3 Å². The van der Waals surface area contributed by atoms with Crippen LogP contribution in [-0.2, 0) is 0 Å². The number of carbonyl (C=O) groups is 1. The molecule has 0 saturated carbocycles. The van der Waals surface area contributed by atoms with Gasteiger partial charge in [-0.2, -0.15) is 16.9 Å². The molecule has 23 heavy (non-hydrogen) atoms. The second kappa shape index (κ2) is 7.61. The second-order valence-corrected chi connectivity index (χ2v) is 6.35. The molecule has 0 bridgehead atoms. The number of hydrogen-bond acceptors (Lipinski definition) is 4. The fourth-order valence-electron chi connectivity index (χ4n) is 2.24. The van der Waals surface area contributed by atoms with Crippen LogP contribution < -0.4 is 5.32 Å². The molecule has 2 unspecified atom stereocenters. The number of nitrogens with one attached hydrogen (secondary N) is 1. The van der Waals surface area contributed by atoms with Gasteiger partial charge in [0.1, 0.15) is 5.82 Å². The highest BCUT2D eigenvalue weighted by Crippen LogP contribution is 2.14. The average Bonchev–Trinajstić information content (AvgIpc) is 2.91. The molecule has 1 heterocycles. The lowest BCUT2D eigenvalue weighted by Gasteiger charge is -2.20. The monoisotopic (exact) mass is 337 g/mol. The van der Waals surface area contributed by atoms with Crippen molar-refractivity contribution in [2.24, 2.45) is 0 Å². The number of rotatable bonds is 6. The van der Waals surface area contributed by atoms with Crippen molar-refractivity contribution in [3.05, 3.63) is 47.5 Å². The normalized spacial score (nSPS) is 13.6. The second-order valence-electron chi connectivity index (χ2n) is 5.28. The molecule has 0 fully saturated rings. The van der Waals surface area contributed by atoms with Gasteiger partial charge < -0.3 is 10.4 Å². The summed E-state index contributed by atoms with van der Waals surface area (Å²) in [5, 5.41) is 16.3. The van der Waals surface area contributed by atoms with E-state index in [1.165, 1.54) is 23.9 Å². The van der Waals surface area contributed by atoms with Crippen molar-refractivity contribution < 1.29 is 14.3 Å². The number of hydrogen-bond donors (Lipinski definition) is 2. The maximum atomic E-state index is 13.0. The van der Waals surface area contributed by atoms with E-state index in [9.17, 15) is 14.3 Å². The van der Waals surface area contributed by atoms with E-state index in [4.69, 9.17) is 0 Å². The van der Waals surface area contributed by atoms with E-state index in [2.05, 4.69) is 10.4 Å². The van der Waals surface area contributed by atoms with Crippen LogP contribution in [0, 0.1) is 12.7 Å². The molecule has 0 saturated heterocycles. The van der Waals surface area contributed by atoms with Crippen LogP contribution in [0.3, 0.4) is 0 Å². The molecule has 0 aliphatic rings. The predicted molar refractivity (Wildman–Crippen MR) is 89.6 cm³/mol. The number of aryl methyl sites for hydroxylation is 1. The Balaban J connectivity index is 2.17. The van der Waals surface area contributed by atoms with Crippen molar-refractivity contribution in [1.82, 2.24) is 15.1 Å². The van der Waals surface area contributed by atoms with Crippen molar-refractivity contribution in [3.63, 3.8) is 0 Å². The smallest absolute Gasteiger partial charge is 0.272 e. The summed E-state index contributed by atoms with van der Waals surface area (Å²) in [6.45, 7) is 3.67. The van der Waals surface area contributed by atoms with Gasteiger partial charge in [-0.1, -0.05) is 0 Å². The van der Waals surface area contributed by atoms with Gasteiger partial charge in [-0.25, -0.2) is 9.07 Å². The Morgan fingerprint density at radius 1 is 1.43 bits per heavy atom. The molecular formula is C16H20FN3O2S. The molecule has 1 aromatic carbocycles. The molecule has 7 heteroatoms. The zero-order valence-electron chi connectivity index (χ0n) is 13.3. The van der Waals surface area contributed by atoms with E-state index in [0.717, 1.165) is 5.69 Å². The highest BCUT2D eigenvalue weighted by molar-refractivity contribution is 7.99. The third-order valence-electron chi connectivity index (χ3n) is 3.59. The number of aliphatic hydroxyl groups excluding tert-OH is 1. The van der Waals surface area contributed by atoms with Crippen molar-refractivity contribution in [2.75, 3.05) is 12.9 Å². The van der Waals surface area contributed by atoms with E-state index in [0.29, 0.717) is 5.69 Å². The molecule has 0 radical (unpaired) electrons. The third-order valence-corrected chi connectivity index (χ3v) is 4.75. The summed E-state index contributed by atoms with van der Waals surface area (Å²) in [4.78, 5) is 12.3. The Kier molecular flexibility index (Phi) is 5.79. The van der Waals surface area contributed by atoms with Crippen LogP contribution in [0.25, 0.3) is 5.69 Å². The number of aromatic nitrogens is 2. The fourth-order valence-corrected chi connectivity index (χ4v) is 2.86. The Bertz CT molecular complexity index is 668. The van der Waals surface area contributed by atoms with Gasteiger partial charge in [0.2, 0.25) is 0 Å². The van der Waals surface area contributed by atoms with E-state index in [1.807, 2.05) is 20.1 Å². The zero-order chi connectivity index (χ0) is 17.0. The number of thioether (sulfide) groups is 1. The SMILES string of the molecule is CSC(CO)C(C)NC(=O)c1cc(C)n(-c2ccc(F)cc2)n1. The standard InChI is InChI=1S/C16H20FN3O2S/c1-10-8-14(16(22)18-11(2)15(9-21)23-3)19-20(10)13-6-4-12(17)5-7-13/h4-8,11,15,21H,9H2,1-3H3,(H,18,22). The molecule has 2 atom stereocenters. The van der Waals surface area contributed by atoms with Gasteiger partial charge >= 0.3 is 0 Å². The average molecular weight is 337 g/mol. The minimum atomic E-state index is -0.322. The Labute approximate surface area is 138 Å². The summed E-state index contributed by atoms with van der Waals surface area (Å²) in [7, 11) is 0. The van der Waals surface area contributed by atoms with Gasteiger partial charge in [-0.15, -0.1) is 0 Å². The molecule has 2 rings (SSSR count). The maximum Gasteiger partial charge on any atom is 0.272 e. The Hall–Kier alpha value is -1.86. The molecule has 1 aromatic heterocycles. The maximum absolute atomic E-state index is 13.0. The first kappa shape index (κ1) is 17.5. The summed E-state index contributed by atoms with van der Waals surface area (Å²) in [5.74, 6) is -0.619. The highest BCUT2D eigenvalue weighted by atomic mass is 32.2. The quantitative estimate of drug-likeness (QED) is 0.848. The van der Waals surface area contributed by atoms with Gasteiger partial charge in [0.05, 0.1) is 12.3 Å². The summed E-state index contributed by atoms with van der Waals surface area (Å²) in [6, 6.07) is 7.41. The number of benzene rings is 1. The van der Waals surface area contributed by atoms with E-state index in [1.54, 1.807) is 22.9 Å². The van der Waals surface area contributed by atoms with Gasteiger partial charge in [0.15, 0.2) is 5.69 Å². The van der Waals surface area contributed by atoms with E-state index < -0.39 is 0 Å². The first-order valence-corrected chi connectivity index (χ1v) is 8.52. The van der Waals surface area contributed by atoms with Crippen LogP contribution in [0.5, 0.6) is 0 Å². The molecule has 5 nitrogen and oxygen atoms in total. The number of nitrogens with zero attached hydrogens (tertiary/aromatic N) is 2. The molecule has 0 aliphatic carbocycles. The van der Waals surface area contributed by atoms with Crippen LogP contribution in [-0.4, -0.2) is 44.9 Å². The van der Waals surface area contributed by atoms with Crippen LogP contribution >= 0.6 is 11.8 Å². The number of aliphatic hydroxyl groups is 1. The van der Waals surface area contributed by atoms with Gasteiger partial charge in [-0.3, -0.25) is 4.79 Å². The third kappa shape index (κ3) is 4.11. The van der Waals surface area contributed by atoms with Gasteiger partial charge in [0.25, 0.3) is 5.91 Å². The largest absolute Gasteiger partial charge is 0.395 e. The zero-order valence-corrected chi connectivity index (χ0v) is 14.1. The minimum absolute atomic E-state index is 0.00827. The van der Waals surface area contributed by atoms with E-state index >= 15 is 0 Å². The van der Waals surface area contributed by atoms with Crippen LogP contribution in [0.15, 0.2) is 30.3 Å². The van der Waals surface area contributed by atoms with Crippen molar-refractivity contribution >= 4 is 17.7 Å². The lowest BCUT2D eigenvalue weighted by Crippen LogP contribution is -2.41. The van der Waals surface area contributed by atoms with Crippen LogP contribution in [0.1, 0.15) is 23.1 Å². The summed E-state index contributed by atoms with van der Waals surface area (Å²) < 4.78 is 14.6. The number of amides is 1. The number of halogens is 1. The minimum Gasteiger partial charge on any atom is -0.395 e. The van der Waals surface area contributed by atoms with Crippen molar-refractivity contribution in [1.29, 1.82) is 0 Å². The van der Waals surface area contributed by atoms with Gasteiger partial charge in [-0.05, 0) is 50.4 Å².